The molecule has 0 spiro atoms. The van der Waals surface area contributed by atoms with Gasteiger partial charge in [-0.1, -0.05) is 18.6 Å². The van der Waals surface area contributed by atoms with Crippen molar-refractivity contribution in [2.45, 2.75) is 39.5 Å². The SMILES string of the molecule is CC1=CC(C)CC(CNc2ccc(N3CCCC3)nc2)C1. The van der Waals surface area contributed by atoms with Crippen LogP contribution in [0.2, 0.25) is 0 Å². The highest BCUT2D eigenvalue weighted by molar-refractivity contribution is 5.49. The van der Waals surface area contributed by atoms with Crippen molar-refractivity contribution < 1.29 is 0 Å². The van der Waals surface area contributed by atoms with Crippen LogP contribution in [0.4, 0.5) is 11.5 Å². The molecule has 2 atom stereocenters. The Balaban J connectivity index is 1.52. The summed E-state index contributed by atoms with van der Waals surface area (Å²) < 4.78 is 0. The topological polar surface area (TPSA) is 28.2 Å². The van der Waals surface area contributed by atoms with Gasteiger partial charge in [0.25, 0.3) is 0 Å². The Labute approximate surface area is 128 Å². The van der Waals surface area contributed by atoms with Crippen molar-refractivity contribution >= 4 is 11.5 Å². The van der Waals surface area contributed by atoms with Gasteiger partial charge in [0.1, 0.15) is 5.82 Å². The Hall–Kier alpha value is -1.51. The molecule has 2 aliphatic rings. The van der Waals surface area contributed by atoms with Gasteiger partial charge in [0.05, 0.1) is 11.9 Å². The van der Waals surface area contributed by atoms with Gasteiger partial charge in [-0.3, -0.25) is 0 Å². The van der Waals surface area contributed by atoms with Gasteiger partial charge in [0.15, 0.2) is 0 Å². The molecule has 0 radical (unpaired) electrons. The molecule has 1 aliphatic carbocycles. The molecule has 0 saturated carbocycles. The second-order valence-corrected chi connectivity index (χ2v) is 6.78. The molecule has 3 heteroatoms. The Morgan fingerprint density at radius 1 is 1.29 bits per heavy atom. The summed E-state index contributed by atoms with van der Waals surface area (Å²) in [7, 11) is 0. The minimum atomic E-state index is 0.723. The summed E-state index contributed by atoms with van der Waals surface area (Å²) in [5, 5.41) is 3.57. The Morgan fingerprint density at radius 2 is 2.10 bits per heavy atom. The zero-order valence-electron chi connectivity index (χ0n) is 13.3. The number of pyridine rings is 1. The lowest BCUT2D eigenvalue weighted by Gasteiger charge is -2.26. The first-order valence-corrected chi connectivity index (χ1v) is 8.33. The molecule has 1 aromatic rings. The van der Waals surface area contributed by atoms with Crippen molar-refractivity contribution in [3.63, 3.8) is 0 Å². The van der Waals surface area contributed by atoms with Crippen molar-refractivity contribution in [3.05, 3.63) is 30.0 Å². The van der Waals surface area contributed by atoms with Crippen molar-refractivity contribution in [1.29, 1.82) is 0 Å². The van der Waals surface area contributed by atoms with Gasteiger partial charge >= 0.3 is 0 Å². The lowest BCUT2D eigenvalue weighted by Crippen LogP contribution is -2.21. The molecule has 1 aliphatic heterocycles. The minimum Gasteiger partial charge on any atom is -0.384 e. The molecule has 1 fully saturated rings. The van der Waals surface area contributed by atoms with E-state index in [9.17, 15) is 0 Å². The van der Waals surface area contributed by atoms with Crippen LogP contribution >= 0.6 is 0 Å². The molecule has 0 amide bonds. The van der Waals surface area contributed by atoms with E-state index in [-0.39, 0.29) is 0 Å². The highest BCUT2D eigenvalue weighted by atomic mass is 15.2. The number of hydrogen-bond donors (Lipinski definition) is 1. The summed E-state index contributed by atoms with van der Waals surface area (Å²) in [6.45, 7) is 7.95. The predicted molar refractivity (Wildman–Crippen MR) is 89.8 cm³/mol. The summed E-state index contributed by atoms with van der Waals surface area (Å²) in [6.07, 6.45) is 9.54. The molecular formula is C18H27N3. The molecule has 1 saturated heterocycles. The molecule has 0 aromatic carbocycles. The fourth-order valence-electron chi connectivity index (χ4n) is 3.73. The summed E-state index contributed by atoms with van der Waals surface area (Å²) in [5.74, 6) is 2.60. The van der Waals surface area contributed by atoms with Crippen LogP contribution in [0.1, 0.15) is 39.5 Å². The molecule has 3 rings (SSSR count). The highest BCUT2D eigenvalue weighted by Gasteiger charge is 2.18. The molecule has 114 valence electrons. The maximum Gasteiger partial charge on any atom is 0.128 e. The van der Waals surface area contributed by atoms with Gasteiger partial charge in [-0.2, -0.15) is 0 Å². The van der Waals surface area contributed by atoms with Crippen molar-refractivity contribution in [2.75, 3.05) is 29.9 Å². The molecule has 1 aromatic heterocycles. The number of nitrogens with one attached hydrogen (secondary N) is 1. The van der Waals surface area contributed by atoms with Crippen LogP contribution < -0.4 is 10.2 Å². The van der Waals surface area contributed by atoms with Gasteiger partial charge in [0.2, 0.25) is 0 Å². The smallest absolute Gasteiger partial charge is 0.128 e. The summed E-state index contributed by atoms with van der Waals surface area (Å²) >= 11 is 0. The quantitative estimate of drug-likeness (QED) is 0.845. The van der Waals surface area contributed by atoms with Crippen LogP contribution in [0.25, 0.3) is 0 Å². The van der Waals surface area contributed by atoms with E-state index in [1.165, 1.54) is 25.7 Å². The average Bonchev–Trinajstić information content (AvgIpc) is 2.99. The number of allylic oxidation sites excluding steroid dienone is 2. The first-order valence-electron chi connectivity index (χ1n) is 8.33. The standard InChI is InChI=1S/C18H27N3/c1-14-9-15(2)11-16(10-14)12-19-17-5-6-18(20-13-17)21-7-3-4-8-21/h5-6,9,13-14,16,19H,3-4,7-8,10-12H2,1-2H3. The number of aromatic nitrogens is 1. The fourth-order valence-corrected chi connectivity index (χ4v) is 3.73. The van der Waals surface area contributed by atoms with Crippen LogP contribution in [-0.4, -0.2) is 24.6 Å². The number of anilines is 2. The fraction of sp³-hybridized carbons (Fsp3) is 0.611. The molecule has 2 unspecified atom stereocenters. The Bertz CT molecular complexity index is 486. The normalized spacial score (nSPS) is 25.8. The van der Waals surface area contributed by atoms with Crippen LogP contribution in [0, 0.1) is 11.8 Å². The molecule has 2 heterocycles. The number of rotatable bonds is 4. The second-order valence-electron chi connectivity index (χ2n) is 6.78. The Morgan fingerprint density at radius 3 is 2.76 bits per heavy atom. The van der Waals surface area contributed by atoms with Gasteiger partial charge < -0.3 is 10.2 Å². The van der Waals surface area contributed by atoms with Crippen molar-refractivity contribution in [3.8, 4) is 0 Å². The Kier molecular flexibility index (Phi) is 4.47. The van der Waals surface area contributed by atoms with E-state index < -0.39 is 0 Å². The third-order valence-corrected chi connectivity index (χ3v) is 4.66. The minimum absolute atomic E-state index is 0.723. The van der Waals surface area contributed by atoms with Crippen LogP contribution in [0.15, 0.2) is 30.0 Å². The molecule has 1 N–H and O–H groups in total. The van der Waals surface area contributed by atoms with Crippen LogP contribution in [0.3, 0.4) is 0 Å². The third-order valence-electron chi connectivity index (χ3n) is 4.66. The van der Waals surface area contributed by atoms with Gasteiger partial charge in [-0.15, -0.1) is 0 Å². The van der Waals surface area contributed by atoms with E-state index in [1.807, 2.05) is 6.20 Å². The zero-order chi connectivity index (χ0) is 14.7. The first-order chi connectivity index (χ1) is 10.2. The summed E-state index contributed by atoms with van der Waals surface area (Å²) in [4.78, 5) is 6.98. The first kappa shape index (κ1) is 14.4. The predicted octanol–water partition coefficient (Wildman–Crippen LogP) is 4.09. The van der Waals surface area contributed by atoms with Gasteiger partial charge in [-0.25, -0.2) is 4.98 Å². The average molecular weight is 285 g/mol. The second kappa shape index (κ2) is 6.50. The molecule has 0 bridgehead atoms. The van der Waals surface area contributed by atoms with Gasteiger partial charge in [0, 0.05) is 19.6 Å². The number of hydrogen-bond acceptors (Lipinski definition) is 3. The van der Waals surface area contributed by atoms with Crippen LogP contribution in [0.5, 0.6) is 0 Å². The lowest BCUT2D eigenvalue weighted by molar-refractivity contribution is 0.421. The monoisotopic (exact) mass is 285 g/mol. The summed E-state index contributed by atoms with van der Waals surface area (Å²) in [6, 6.07) is 4.33. The molecular weight excluding hydrogens is 258 g/mol. The maximum absolute atomic E-state index is 4.61. The van der Waals surface area contributed by atoms with Crippen molar-refractivity contribution in [2.24, 2.45) is 11.8 Å². The summed E-state index contributed by atoms with van der Waals surface area (Å²) in [5.41, 5.74) is 2.70. The zero-order valence-corrected chi connectivity index (χ0v) is 13.3. The van der Waals surface area contributed by atoms with Crippen molar-refractivity contribution in [1.82, 2.24) is 4.98 Å². The van der Waals surface area contributed by atoms with E-state index >= 15 is 0 Å². The van der Waals surface area contributed by atoms with Gasteiger partial charge in [-0.05, 0) is 56.6 Å². The van der Waals surface area contributed by atoms with E-state index in [0.717, 1.165) is 43.0 Å². The van der Waals surface area contributed by atoms with E-state index in [1.54, 1.807) is 5.57 Å². The van der Waals surface area contributed by atoms with E-state index in [0.29, 0.717) is 0 Å². The molecule has 21 heavy (non-hydrogen) atoms. The molecule has 3 nitrogen and oxygen atoms in total. The van der Waals surface area contributed by atoms with E-state index in [2.05, 4.69) is 47.3 Å². The maximum atomic E-state index is 4.61. The van der Waals surface area contributed by atoms with Crippen LogP contribution in [-0.2, 0) is 0 Å². The number of nitrogens with zero attached hydrogens (tertiary/aromatic N) is 2. The highest BCUT2D eigenvalue weighted by Crippen LogP contribution is 2.28. The van der Waals surface area contributed by atoms with E-state index in [4.69, 9.17) is 0 Å². The lowest BCUT2D eigenvalue weighted by atomic mass is 9.84. The largest absolute Gasteiger partial charge is 0.384 e. The third kappa shape index (κ3) is 3.78.